The van der Waals surface area contributed by atoms with Crippen LogP contribution >= 0.6 is 0 Å². The number of hydrogen-bond acceptors (Lipinski definition) is 4. The first-order valence-electron chi connectivity index (χ1n) is 6.04. The van der Waals surface area contributed by atoms with Gasteiger partial charge in [0.05, 0.1) is 19.4 Å². The fourth-order valence-electron chi connectivity index (χ4n) is 2.28. The number of carboxylic acids is 1. The van der Waals surface area contributed by atoms with Gasteiger partial charge >= 0.3 is 11.9 Å². The third-order valence-corrected chi connectivity index (χ3v) is 3.28. The van der Waals surface area contributed by atoms with Crippen LogP contribution in [0.15, 0.2) is 0 Å². The number of nitrogens with zero attached hydrogens (tertiary/aromatic N) is 1. The molecule has 6 nitrogen and oxygen atoms in total. The summed E-state index contributed by atoms with van der Waals surface area (Å²) < 4.78 is 4.69. The van der Waals surface area contributed by atoms with Crippen molar-refractivity contribution in [2.45, 2.75) is 38.6 Å². The van der Waals surface area contributed by atoms with Gasteiger partial charge in [0.1, 0.15) is 0 Å². The van der Waals surface area contributed by atoms with Crippen molar-refractivity contribution >= 4 is 17.8 Å². The molecule has 2 atom stereocenters. The monoisotopic (exact) mass is 257 g/mol. The number of methoxy groups -OCH3 is 1. The molecule has 1 saturated heterocycles. The van der Waals surface area contributed by atoms with Gasteiger partial charge in [-0.3, -0.25) is 14.4 Å². The van der Waals surface area contributed by atoms with Crippen LogP contribution in [0.2, 0.25) is 0 Å². The SMILES string of the molecule is COC(=O)C1CCN(C(=O)CCC(=O)O)C(C)C1. The Hall–Kier alpha value is -1.59. The summed E-state index contributed by atoms with van der Waals surface area (Å²) in [5.74, 6) is -1.53. The topological polar surface area (TPSA) is 83.9 Å². The lowest BCUT2D eigenvalue weighted by atomic mass is 9.91. The lowest BCUT2D eigenvalue weighted by Crippen LogP contribution is -2.46. The molecule has 1 heterocycles. The second-order valence-electron chi connectivity index (χ2n) is 4.57. The highest BCUT2D eigenvalue weighted by atomic mass is 16.5. The lowest BCUT2D eigenvalue weighted by Gasteiger charge is -2.36. The van der Waals surface area contributed by atoms with Crippen molar-refractivity contribution in [2.75, 3.05) is 13.7 Å². The highest BCUT2D eigenvalue weighted by Gasteiger charge is 2.32. The summed E-state index contributed by atoms with van der Waals surface area (Å²) in [4.78, 5) is 35.3. The van der Waals surface area contributed by atoms with E-state index in [9.17, 15) is 14.4 Å². The molecule has 1 amide bonds. The van der Waals surface area contributed by atoms with Crippen LogP contribution in [0.5, 0.6) is 0 Å². The number of carbonyl (C=O) groups is 3. The number of carbonyl (C=O) groups excluding carboxylic acids is 2. The Morgan fingerprint density at radius 1 is 1.33 bits per heavy atom. The number of piperidine rings is 1. The fraction of sp³-hybridized carbons (Fsp3) is 0.750. The van der Waals surface area contributed by atoms with Crippen LogP contribution < -0.4 is 0 Å². The minimum absolute atomic E-state index is 0.0164. The van der Waals surface area contributed by atoms with Gasteiger partial charge in [-0.1, -0.05) is 0 Å². The van der Waals surface area contributed by atoms with Crippen molar-refractivity contribution in [1.82, 2.24) is 4.90 Å². The zero-order chi connectivity index (χ0) is 13.7. The van der Waals surface area contributed by atoms with Crippen LogP contribution in [0.1, 0.15) is 32.6 Å². The minimum atomic E-state index is -0.972. The molecule has 0 spiro atoms. The van der Waals surface area contributed by atoms with E-state index in [1.54, 1.807) is 4.90 Å². The average molecular weight is 257 g/mol. The number of aliphatic carboxylic acids is 1. The number of esters is 1. The summed E-state index contributed by atoms with van der Waals surface area (Å²) in [6, 6.07) is -0.0517. The summed E-state index contributed by atoms with van der Waals surface area (Å²) in [7, 11) is 1.36. The highest BCUT2D eigenvalue weighted by Crippen LogP contribution is 2.24. The zero-order valence-corrected chi connectivity index (χ0v) is 10.7. The van der Waals surface area contributed by atoms with Crippen molar-refractivity contribution in [3.05, 3.63) is 0 Å². The van der Waals surface area contributed by atoms with Crippen molar-refractivity contribution in [1.29, 1.82) is 0 Å². The molecular formula is C12H19NO5. The second kappa shape index (κ2) is 6.37. The van der Waals surface area contributed by atoms with E-state index in [0.717, 1.165) is 0 Å². The van der Waals surface area contributed by atoms with E-state index >= 15 is 0 Å². The molecule has 2 unspecified atom stereocenters. The number of hydrogen-bond donors (Lipinski definition) is 1. The maximum absolute atomic E-state index is 11.8. The van der Waals surface area contributed by atoms with Gasteiger partial charge < -0.3 is 14.7 Å². The zero-order valence-electron chi connectivity index (χ0n) is 10.7. The number of amides is 1. The van der Waals surface area contributed by atoms with E-state index in [4.69, 9.17) is 9.84 Å². The van der Waals surface area contributed by atoms with E-state index in [1.807, 2.05) is 6.92 Å². The molecule has 6 heteroatoms. The molecule has 1 rings (SSSR count). The van der Waals surface area contributed by atoms with Gasteiger partial charge in [0.25, 0.3) is 0 Å². The van der Waals surface area contributed by atoms with Gasteiger partial charge in [-0.2, -0.15) is 0 Å². The van der Waals surface area contributed by atoms with Gasteiger partial charge in [0, 0.05) is 19.0 Å². The number of ether oxygens (including phenoxy) is 1. The van der Waals surface area contributed by atoms with Crippen molar-refractivity contribution in [2.24, 2.45) is 5.92 Å². The number of carboxylic acid groups (broad SMARTS) is 1. The Kier molecular flexibility index (Phi) is 5.12. The van der Waals surface area contributed by atoms with Crippen molar-refractivity contribution < 1.29 is 24.2 Å². The van der Waals surface area contributed by atoms with Gasteiger partial charge in [0.15, 0.2) is 0 Å². The highest BCUT2D eigenvalue weighted by molar-refractivity contribution is 5.81. The van der Waals surface area contributed by atoms with Crippen LogP contribution in [0.25, 0.3) is 0 Å². The van der Waals surface area contributed by atoms with Crippen LogP contribution in [0.4, 0.5) is 0 Å². The molecule has 18 heavy (non-hydrogen) atoms. The molecule has 0 radical (unpaired) electrons. The molecule has 0 bridgehead atoms. The third kappa shape index (κ3) is 3.72. The molecule has 1 fully saturated rings. The molecule has 0 saturated carbocycles. The van der Waals surface area contributed by atoms with Crippen LogP contribution in [0, 0.1) is 5.92 Å². The maximum atomic E-state index is 11.8. The number of rotatable bonds is 4. The molecule has 0 aromatic carbocycles. The normalized spacial score (nSPS) is 23.6. The van der Waals surface area contributed by atoms with E-state index in [1.165, 1.54) is 7.11 Å². The van der Waals surface area contributed by atoms with E-state index < -0.39 is 5.97 Å². The molecule has 1 aliphatic rings. The maximum Gasteiger partial charge on any atom is 0.308 e. The Labute approximate surface area is 106 Å². The van der Waals surface area contributed by atoms with Gasteiger partial charge in [0.2, 0.25) is 5.91 Å². The molecule has 0 aliphatic carbocycles. The Balaban J connectivity index is 2.49. The van der Waals surface area contributed by atoms with Crippen molar-refractivity contribution in [3.8, 4) is 0 Å². The second-order valence-corrected chi connectivity index (χ2v) is 4.57. The Morgan fingerprint density at radius 2 is 2.00 bits per heavy atom. The van der Waals surface area contributed by atoms with E-state index in [-0.39, 0.29) is 36.7 Å². The number of likely N-dealkylation sites (tertiary alicyclic amines) is 1. The first-order chi connectivity index (χ1) is 8.45. The summed E-state index contributed by atoms with van der Waals surface area (Å²) in [6.45, 7) is 2.35. The average Bonchev–Trinajstić information content (AvgIpc) is 2.34. The van der Waals surface area contributed by atoms with Crippen LogP contribution in [0.3, 0.4) is 0 Å². The van der Waals surface area contributed by atoms with Crippen LogP contribution in [-0.2, 0) is 19.1 Å². The first kappa shape index (κ1) is 14.5. The molecule has 0 aromatic heterocycles. The summed E-state index contributed by atoms with van der Waals surface area (Å²) in [5.41, 5.74) is 0. The van der Waals surface area contributed by atoms with Crippen molar-refractivity contribution in [3.63, 3.8) is 0 Å². The quantitative estimate of drug-likeness (QED) is 0.747. The summed E-state index contributed by atoms with van der Waals surface area (Å²) in [6.07, 6.45) is 1.02. The Bertz CT molecular complexity index is 341. The van der Waals surface area contributed by atoms with Gasteiger partial charge in [-0.05, 0) is 19.8 Å². The molecular weight excluding hydrogens is 238 g/mol. The minimum Gasteiger partial charge on any atom is -0.481 e. The van der Waals surface area contributed by atoms with Gasteiger partial charge in [-0.25, -0.2) is 0 Å². The smallest absolute Gasteiger partial charge is 0.308 e. The third-order valence-electron chi connectivity index (χ3n) is 3.28. The fourth-order valence-corrected chi connectivity index (χ4v) is 2.28. The summed E-state index contributed by atoms with van der Waals surface area (Å²) >= 11 is 0. The largest absolute Gasteiger partial charge is 0.481 e. The molecule has 1 N–H and O–H groups in total. The lowest BCUT2D eigenvalue weighted by molar-refractivity contribution is -0.150. The predicted octanol–water partition coefficient (Wildman–Crippen LogP) is 0.651. The molecule has 102 valence electrons. The molecule has 0 aromatic rings. The van der Waals surface area contributed by atoms with E-state index in [2.05, 4.69) is 0 Å². The summed E-state index contributed by atoms with van der Waals surface area (Å²) in [5, 5.41) is 8.54. The first-order valence-corrected chi connectivity index (χ1v) is 6.04. The Morgan fingerprint density at radius 3 is 2.50 bits per heavy atom. The predicted molar refractivity (Wildman–Crippen MR) is 62.8 cm³/mol. The standard InChI is InChI=1S/C12H19NO5/c1-8-7-9(12(17)18-2)5-6-13(8)10(14)3-4-11(15)16/h8-9H,3-7H2,1-2H3,(H,15,16). The van der Waals surface area contributed by atoms with Gasteiger partial charge in [-0.15, -0.1) is 0 Å². The van der Waals surface area contributed by atoms with Crippen LogP contribution in [-0.4, -0.2) is 47.5 Å². The van der Waals surface area contributed by atoms with E-state index in [0.29, 0.717) is 19.4 Å². The molecule has 1 aliphatic heterocycles.